The zero-order valence-corrected chi connectivity index (χ0v) is 13.5. The topological polar surface area (TPSA) is 0 Å². The van der Waals surface area contributed by atoms with Crippen LogP contribution < -0.4 is 0 Å². The third-order valence-electron chi connectivity index (χ3n) is 2.93. The van der Waals surface area contributed by atoms with Crippen LogP contribution in [0.25, 0.3) is 0 Å². The lowest BCUT2D eigenvalue weighted by Crippen LogP contribution is -2.00. The van der Waals surface area contributed by atoms with Crippen LogP contribution in [0.15, 0.2) is 54.1 Å². The van der Waals surface area contributed by atoms with E-state index < -0.39 is 0 Å². The standard InChI is InChI=1S/C16H18S3/c1-13-6-5-9-15(10-13)12-19-16(17)18-11-14-7-3-2-4-8-14/h2-9,13H,10-12H2,1H3. The fourth-order valence-corrected chi connectivity index (χ4v) is 3.98. The van der Waals surface area contributed by atoms with Gasteiger partial charge in [0.15, 0.2) is 0 Å². The van der Waals surface area contributed by atoms with E-state index in [0.717, 1.165) is 15.0 Å². The van der Waals surface area contributed by atoms with Gasteiger partial charge < -0.3 is 0 Å². The Morgan fingerprint density at radius 3 is 2.68 bits per heavy atom. The molecule has 100 valence electrons. The summed E-state index contributed by atoms with van der Waals surface area (Å²) in [6.45, 7) is 2.26. The second-order valence-electron chi connectivity index (χ2n) is 4.70. The summed E-state index contributed by atoms with van der Waals surface area (Å²) >= 11 is 9.00. The molecule has 3 heteroatoms. The Hall–Kier alpha value is -0.510. The van der Waals surface area contributed by atoms with Crippen molar-refractivity contribution in [2.45, 2.75) is 19.1 Å². The van der Waals surface area contributed by atoms with Crippen LogP contribution in [0.5, 0.6) is 0 Å². The second-order valence-corrected chi connectivity index (χ2v) is 7.86. The van der Waals surface area contributed by atoms with E-state index in [1.807, 2.05) is 6.07 Å². The molecule has 0 nitrogen and oxygen atoms in total. The van der Waals surface area contributed by atoms with Gasteiger partial charge in [-0.3, -0.25) is 0 Å². The van der Waals surface area contributed by atoms with E-state index in [1.54, 1.807) is 23.5 Å². The summed E-state index contributed by atoms with van der Waals surface area (Å²) in [6, 6.07) is 10.5. The highest BCUT2D eigenvalue weighted by atomic mass is 32.2. The summed E-state index contributed by atoms with van der Waals surface area (Å²) in [5, 5.41) is 0. The first-order valence-corrected chi connectivity index (χ1v) is 8.81. The van der Waals surface area contributed by atoms with Gasteiger partial charge in [-0.15, -0.1) is 23.5 Å². The number of thioether (sulfide) groups is 2. The molecular formula is C16H18S3. The maximum absolute atomic E-state index is 5.43. The lowest BCUT2D eigenvalue weighted by molar-refractivity contribution is 0.709. The molecule has 0 amide bonds. The molecule has 0 N–H and O–H groups in total. The van der Waals surface area contributed by atoms with Gasteiger partial charge in [0.05, 0.1) is 0 Å². The lowest BCUT2D eigenvalue weighted by Gasteiger charge is -2.14. The van der Waals surface area contributed by atoms with E-state index in [2.05, 4.69) is 49.4 Å². The van der Waals surface area contributed by atoms with Crippen LogP contribution in [0, 0.1) is 5.92 Å². The number of rotatable bonds is 4. The summed E-state index contributed by atoms with van der Waals surface area (Å²) in [6.07, 6.45) is 7.84. The highest BCUT2D eigenvalue weighted by Crippen LogP contribution is 2.26. The summed E-state index contributed by atoms with van der Waals surface area (Å²) in [5.41, 5.74) is 2.84. The van der Waals surface area contributed by atoms with E-state index in [1.165, 1.54) is 17.6 Å². The van der Waals surface area contributed by atoms with Crippen molar-refractivity contribution in [3.63, 3.8) is 0 Å². The average Bonchev–Trinajstić information content (AvgIpc) is 2.44. The Balaban J connectivity index is 1.70. The number of hydrogen-bond donors (Lipinski definition) is 0. The first-order chi connectivity index (χ1) is 9.24. The van der Waals surface area contributed by atoms with Crippen LogP contribution in [0.3, 0.4) is 0 Å². The summed E-state index contributed by atoms with van der Waals surface area (Å²) in [4.78, 5) is 0. The summed E-state index contributed by atoms with van der Waals surface area (Å²) in [7, 11) is 0. The van der Waals surface area contributed by atoms with Crippen LogP contribution in [0.4, 0.5) is 0 Å². The van der Waals surface area contributed by atoms with E-state index >= 15 is 0 Å². The van der Waals surface area contributed by atoms with E-state index in [9.17, 15) is 0 Å². The van der Waals surface area contributed by atoms with Crippen LogP contribution in [0.1, 0.15) is 18.9 Å². The molecule has 19 heavy (non-hydrogen) atoms. The molecule has 1 atom stereocenters. The smallest absolute Gasteiger partial charge is 0.103 e. The third-order valence-corrected chi connectivity index (χ3v) is 5.81. The van der Waals surface area contributed by atoms with Gasteiger partial charge in [-0.05, 0) is 17.9 Å². The molecule has 0 saturated heterocycles. The van der Waals surface area contributed by atoms with Gasteiger partial charge in [0.1, 0.15) is 3.53 Å². The SMILES string of the molecule is CC1C=CC=C(CSC(=S)SCc2ccccc2)C1. The molecule has 1 aromatic rings. The molecule has 0 bridgehead atoms. The molecule has 1 aliphatic carbocycles. The first kappa shape index (κ1) is 14.9. The van der Waals surface area contributed by atoms with Gasteiger partial charge in [0.25, 0.3) is 0 Å². The zero-order chi connectivity index (χ0) is 13.5. The molecular weight excluding hydrogens is 288 g/mol. The van der Waals surface area contributed by atoms with Crippen molar-refractivity contribution in [3.05, 3.63) is 59.7 Å². The summed E-state index contributed by atoms with van der Waals surface area (Å²) in [5.74, 6) is 2.68. The Morgan fingerprint density at radius 1 is 1.21 bits per heavy atom. The van der Waals surface area contributed by atoms with Gasteiger partial charge in [-0.2, -0.15) is 0 Å². The second kappa shape index (κ2) is 7.93. The molecule has 2 rings (SSSR count). The van der Waals surface area contributed by atoms with Crippen molar-refractivity contribution < 1.29 is 0 Å². The largest absolute Gasteiger partial charge is 0.104 e. The Morgan fingerprint density at radius 2 is 1.95 bits per heavy atom. The minimum Gasteiger partial charge on any atom is -0.103 e. The van der Waals surface area contributed by atoms with Gasteiger partial charge in [0, 0.05) is 11.5 Å². The maximum Gasteiger partial charge on any atom is 0.104 e. The Kier molecular flexibility index (Phi) is 6.21. The number of thiocarbonyl (C=S) groups is 1. The van der Waals surface area contributed by atoms with Crippen LogP contribution in [-0.4, -0.2) is 9.28 Å². The third kappa shape index (κ3) is 5.55. The molecule has 0 radical (unpaired) electrons. The highest BCUT2D eigenvalue weighted by molar-refractivity contribution is 8.47. The Labute approximate surface area is 129 Å². The molecule has 0 aliphatic heterocycles. The zero-order valence-electron chi connectivity index (χ0n) is 11.0. The van der Waals surface area contributed by atoms with Gasteiger partial charge >= 0.3 is 0 Å². The van der Waals surface area contributed by atoms with Gasteiger partial charge in [-0.1, -0.05) is 73.3 Å². The predicted molar refractivity (Wildman–Crippen MR) is 93.8 cm³/mol. The number of allylic oxidation sites excluding steroid dienone is 3. The molecule has 0 heterocycles. The molecule has 0 spiro atoms. The molecule has 0 saturated carbocycles. The monoisotopic (exact) mass is 306 g/mol. The predicted octanol–water partition coefficient (Wildman–Crippen LogP) is 5.46. The highest BCUT2D eigenvalue weighted by Gasteiger charge is 2.08. The molecule has 1 aromatic carbocycles. The quantitative estimate of drug-likeness (QED) is 0.678. The Bertz CT molecular complexity index is 474. The molecule has 0 fully saturated rings. The van der Waals surface area contributed by atoms with Crippen LogP contribution in [0.2, 0.25) is 0 Å². The number of benzene rings is 1. The maximum atomic E-state index is 5.43. The molecule has 1 unspecified atom stereocenters. The van der Waals surface area contributed by atoms with Crippen molar-refractivity contribution in [1.29, 1.82) is 0 Å². The van der Waals surface area contributed by atoms with Crippen molar-refractivity contribution in [2.75, 3.05) is 5.75 Å². The van der Waals surface area contributed by atoms with Crippen molar-refractivity contribution in [3.8, 4) is 0 Å². The van der Waals surface area contributed by atoms with Crippen LogP contribution >= 0.6 is 35.7 Å². The fourth-order valence-electron chi connectivity index (χ4n) is 1.95. The fraction of sp³-hybridized carbons (Fsp3) is 0.312. The number of hydrogen-bond acceptors (Lipinski definition) is 3. The molecule has 1 aliphatic rings. The van der Waals surface area contributed by atoms with E-state index in [0.29, 0.717) is 5.92 Å². The van der Waals surface area contributed by atoms with Crippen molar-refractivity contribution in [2.24, 2.45) is 5.92 Å². The average molecular weight is 307 g/mol. The van der Waals surface area contributed by atoms with Gasteiger partial charge in [0.2, 0.25) is 0 Å². The minimum absolute atomic E-state index is 0.672. The first-order valence-electron chi connectivity index (χ1n) is 6.44. The van der Waals surface area contributed by atoms with Crippen molar-refractivity contribution in [1.82, 2.24) is 0 Å². The van der Waals surface area contributed by atoms with E-state index in [-0.39, 0.29) is 0 Å². The van der Waals surface area contributed by atoms with Crippen molar-refractivity contribution >= 4 is 39.3 Å². The molecule has 0 aromatic heterocycles. The van der Waals surface area contributed by atoms with Gasteiger partial charge in [-0.25, -0.2) is 0 Å². The summed E-state index contributed by atoms with van der Waals surface area (Å²) < 4.78 is 1.05. The lowest BCUT2D eigenvalue weighted by atomic mass is 9.97. The van der Waals surface area contributed by atoms with E-state index in [4.69, 9.17) is 12.2 Å². The normalized spacial score (nSPS) is 18.2. The van der Waals surface area contributed by atoms with Crippen LogP contribution in [-0.2, 0) is 5.75 Å². The minimum atomic E-state index is 0.672.